The molecule has 0 aromatic heterocycles. The van der Waals surface area contributed by atoms with Crippen LogP contribution in [0.1, 0.15) is 29.6 Å². The van der Waals surface area contributed by atoms with Gasteiger partial charge in [-0.1, -0.05) is 11.6 Å². The summed E-state index contributed by atoms with van der Waals surface area (Å²) < 4.78 is 32.7. The first kappa shape index (κ1) is 19.5. The molecule has 2 unspecified atom stereocenters. The van der Waals surface area contributed by atoms with E-state index in [0.29, 0.717) is 11.6 Å². The van der Waals surface area contributed by atoms with Crippen molar-refractivity contribution < 1.29 is 17.9 Å². The van der Waals surface area contributed by atoms with Crippen LogP contribution in [0.2, 0.25) is 5.02 Å². The predicted octanol–water partition coefficient (Wildman–Crippen LogP) is 2.06. The second kappa shape index (κ2) is 7.58. The van der Waals surface area contributed by atoms with E-state index in [1.165, 1.54) is 25.3 Å². The Morgan fingerprint density at radius 3 is 2.71 bits per heavy atom. The summed E-state index contributed by atoms with van der Waals surface area (Å²) in [7, 11) is -2.57. The summed E-state index contributed by atoms with van der Waals surface area (Å²) in [4.78, 5) is 12.0. The second-order valence-electron chi connectivity index (χ2n) is 5.84. The topological polar surface area (TPSA) is 75.7 Å². The number of rotatable bonds is 3. The first-order valence-electron chi connectivity index (χ1n) is 7.57. The van der Waals surface area contributed by atoms with Gasteiger partial charge in [-0.15, -0.1) is 12.4 Å². The van der Waals surface area contributed by atoms with Crippen molar-refractivity contribution in [2.75, 3.05) is 20.2 Å². The maximum absolute atomic E-state index is 13.2. The molecule has 0 saturated carbocycles. The third-order valence-electron chi connectivity index (χ3n) is 4.49. The monoisotopic (exact) mass is 394 g/mol. The molecule has 2 aliphatic rings. The van der Waals surface area contributed by atoms with E-state index < -0.39 is 16.0 Å². The van der Waals surface area contributed by atoms with Gasteiger partial charge in [0.1, 0.15) is 0 Å². The minimum absolute atomic E-state index is 0. The number of nitrogens with zero attached hydrogens (tertiary/aromatic N) is 1. The molecule has 2 heterocycles. The zero-order valence-electron chi connectivity index (χ0n) is 13.2. The van der Waals surface area contributed by atoms with Crippen LogP contribution in [0.5, 0.6) is 0 Å². The van der Waals surface area contributed by atoms with Gasteiger partial charge in [0.2, 0.25) is 10.0 Å². The third-order valence-corrected chi connectivity index (χ3v) is 6.79. The zero-order valence-corrected chi connectivity index (χ0v) is 15.6. The van der Waals surface area contributed by atoms with Crippen molar-refractivity contribution in [3.63, 3.8) is 0 Å². The molecular weight excluding hydrogens is 375 g/mol. The van der Waals surface area contributed by atoms with E-state index in [1.807, 2.05) is 0 Å². The number of methoxy groups -OCH3 is 1. The molecule has 24 heavy (non-hydrogen) atoms. The van der Waals surface area contributed by atoms with E-state index in [-0.39, 0.29) is 34.9 Å². The summed E-state index contributed by atoms with van der Waals surface area (Å²) in [6.45, 7) is 1.44. The van der Waals surface area contributed by atoms with E-state index >= 15 is 0 Å². The fraction of sp³-hybridized carbons (Fsp3) is 0.533. The summed E-state index contributed by atoms with van der Waals surface area (Å²) in [5.74, 6) is -0.702. The van der Waals surface area contributed by atoms with Gasteiger partial charge >= 0.3 is 5.97 Å². The van der Waals surface area contributed by atoms with Gasteiger partial charge < -0.3 is 10.1 Å². The van der Waals surface area contributed by atoms with Crippen LogP contribution in [0.4, 0.5) is 0 Å². The van der Waals surface area contributed by atoms with Crippen LogP contribution in [0, 0.1) is 0 Å². The van der Waals surface area contributed by atoms with E-state index in [1.54, 1.807) is 4.31 Å². The molecule has 9 heteroatoms. The molecule has 0 aliphatic carbocycles. The minimum atomic E-state index is -3.79. The van der Waals surface area contributed by atoms with Crippen LogP contribution in [0.3, 0.4) is 0 Å². The Morgan fingerprint density at radius 2 is 2.00 bits per heavy atom. The van der Waals surface area contributed by atoms with Crippen LogP contribution in [0.15, 0.2) is 23.1 Å². The molecule has 134 valence electrons. The van der Waals surface area contributed by atoms with E-state index in [4.69, 9.17) is 16.3 Å². The minimum Gasteiger partial charge on any atom is -0.465 e. The molecule has 1 aromatic carbocycles. The average molecular weight is 395 g/mol. The average Bonchev–Trinajstić information content (AvgIpc) is 2.79. The van der Waals surface area contributed by atoms with E-state index in [0.717, 1.165) is 25.8 Å². The highest BCUT2D eigenvalue weighted by Crippen LogP contribution is 2.35. The van der Waals surface area contributed by atoms with Crippen molar-refractivity contribution in [3.8, 4) is 0 Å². The Hall–Kier alpha value is -0.860. The lowest BCUT2D eigenvalue weighted by molar-refractivity contribution is 0.0596. The molecule has 2 atom stereocenters. The van der Waals surface area contributed by atoms with Crippen molar-refractivity contribution >= 4 is 40.0 Å². The van der Waals surface area contributed by atoms with Crippen LogP contribution < -0.4 is 5.32 Å². The Kier molecular flexibility index (Phi) is 6.14. The number of ether oxygens (including phenoxy) is 1. The van der Waals surface area contributed by atoms with Crippen molar-refractivity contribution in [1.82, 2.24) is 9.62 Å². The maximum atomic E-state index is 13.2. The number of hydrogen-bond acceptors (Lipinski definition) is 5. The highest BCUT2D eigenvalue weighted by molar-refractivity contribution is 7.89. The van der Waals surface area contributed by atoms with Crippen LogP contribution in [-0.4, -0.2) is 51.0 Å². The van der Waals surface area contributed by atoms with Crippen LogP contribution in [-0.2, 0) is 14.8 Å². The van der Waals surface area contributed by atoms with Crippen LogP contribution in [0.25, 0.3) is 0 Å². The summed E-state index contributed by atoms with van der Waals surface area (Å²) >= 11 is 5.92. The largest absolute Gasteiger partial charge is 0.465 e. The van der Waals surface area contributed by atoms with Gasteiger partial charge in [0.15, 0.2) is 0 Å². The third kappa shape index (κ3) is 3.41. The number of sulfonamides is 1. The summed E-state index contributed by atoms with van der Waals surface area (Å²) in [5, 5.41) is 3.57. The van der Waals surface area contributed by atoms with Gasteiger partial charge in [-0.05, 0) is 44.0 Å². The molecular formula is C15H20Cl2N2O4S. The Morgan fingerprint density at radius 1 is 1.29 bits per heavy atom. The van der Waals surface area contributed by atoms with Gasteiger partial charge in [-0.25, -0.2) is 13.2 Å². The van der Waals surface area contributed by atoms with Gasteiger partial charge in [-0.2, -0.15) is 4.31 Å². The van der Waals surface area contributed by atoms with Crippen molar-refractivity contribution in [1.29, 1.82) is 0 Å². The van der Waals surface area contributed by atoms with Gasteiger partial charge in [0.05, 0.1) is 17.6 Å². The molecule has 2 fully saturated rings. The second-order valence-corrected chi connectivity index (χ2v) is 8.09. The fourth-order valence-corrected chi connectivity index (χ4v) is 5.68. The Labute approximate surface area is 153 Å². The normalized spacial score (nSPS) is 24.1. The number of hydrogen-bond donors (Lipinski definition) is 1. The van der Waals surface area contributed by atoms with Gasteiger partial charge in [0, 0.05) is 23.7 Å². The number of esters is 1. The van der Waals surface area contributed by atoms with Gasteiger partial charge in [-0.3, -0.25) is 0 Å². The smallest absolute Gasteiger partial charge is 0.339 e. The molecule has 2 bridgehead atoms. The predicted molar refractivity (Wildman–Crippen MR) is 93.4 cm³/mol. The number of fused-ring (bicyclic) bond motifs is 2. The SMILES string of the molecule is COC(=O)c1cc(Cl)ccc1S(=O)(=O)N1C2CCNCC1CC2.Cl. The highest BCUT2D eigenvalue weighted by atomic mass is 35.5. The van der Waals surface area contributed by atoms with E-state index in [2.05, 4.69) is 5.32 Å². The van der Waals surface area contributed by atoms with E-state index in [9.17, 15) is 13.2 Å². The molecule has 0 amide bonds. The summed E-state index contributed by atoms with van der Waals surface area (Å²) in [6, 6.07) is 4.12. The Balaban J connectivity index is 0.00000208. The molecule has 6 nitrogen and oxygen atoms in total. The number of carbonyl (C=O) groups is 1. The Bertz CT molecular complexity index is 712. The summed E-state index contributed by atoms with van der Waals surface area (Å²) in [5.41, 5.74) is -0.0170. The van der Waals surface area contributed by atoms with Gasteiger partial charge in [0.25, 0.3) is 0 Å². The van der Waals surface area contributed by atoms with Crippen molar-refractivity contribution in [2.24, 2.45) is 0 Å². The number of carbonyl (C=O) groups excluding carboxylic acids is 1. The first-order valence-corrected chi connectivity index (χ1v) is 9.39. The number of benzene rings is 1. The molecule has 2 aliphatic heterocycles. The maximum Gasteiger partial charge on any atom is 0.339 e. The first-order chi connectivity index (χ1) is 10.9. The number of halogens is 2. The zero-order chi connectivity index (χ0) is 16.6. The number of nitrogens with one attached hydrogen (secondary N) is 1. The summed E-state index contributed by atoms with van der Waals surface area (Å²) in [6.07, 6.45) is 2.46. The lowest BCUT2D eigenvalue weighted by Gasteiger charge is -2.27. The highest BCUT2D eigenvalue weighted by Gasteiger charge is 2.44. The lowest BCUT2D eigenvalue weighted by Crippen LogP contribution is -2.42. The molecule has 1 N–H and O–H groups in total. The molecule has 2 saturated heterocycles. The van der Waals surface area contributed by atoms with Crippen LogP contribution >= 0.6 is 24.0 Å². The lowest BCUT2D eigenvalue weighted by atomic mass is 10.1. The molecule has 1 aromatic rings. The van der Waals surface area contributed by atoms with Crippen molar-refractivity contribution in [2.45, 2.75) is 36.2 Å². The fourth-order valence-electron chi connectivity index (χ4n) is 3.44. The van der Waals surface area contributed by atoms with Crippen molar-refractivity contribution in [3.05, 3.63) is 28.8 Å². The molecule has 3 rings (SSSR count). The quantitative estimate of drug-likeness (QED) is 0.793. The molecule has 0 spiro atoms. The molecule has 0 radical (unpaired) electrons. The standard InChI is InChI=1S/C15H19ClN2O4S.ClH/c1-22-15(19)13-8-10(16)2-5-14(13)23(20,21)18-11-3-4-12(18)9-17-7-6-11;/h2,5,8,11-12,17H,3-4,6-7,9H2,1H3;1H.